The molecule has 0 aliphatic carbocycles. The molecule has 0 saturated heterocycles. The molecule has 3 nitrogen and oxygen atoms in total. The maximum Gasteiger partial charge on any atom is 0.161 e. The van der Waals surface area contributed by atoms with Gasteiger partial charge in [-0.3, -0.25) is 0 Å². The number of nitrogens with one attached hydrogen (secondary N) is 1. The summed E-state index contributed by atoms with van der Waals surface area (Å²) in [7, 11) is 1.68. The van der Waals surface area contributed by atoms with Crippen molar-refractivity contribution >= 4 is 0 Å². The van der Waals surface area contributed by atoms with Gasteiger partial charge in [0, 0.05) is 6.54 Å². The van der Waals surface area contributed by atoms with Crippen LogP contribution in [-0.2, 0) is 6.54 Å². The molecule has 102 valence electrons. The van der Waals surface area contributed by atoms with Crippen LogP contribution in [0.25, 0.3) is 0 Å². The normalized spacial score (nSPS) is 12.2. The van der Waals surface area contributed by atoms with Gasteiger partial charge in [-0.05, 0) is 44.0 Å². The highest BCUT2D eigenvalue weighted by Gasteiger charge is 2.08. The first-order valence-electron chi connectivity index (χ1n) is 6.75. The van der Waals surface area contributed by atoms with Crippen LogP contribution in [0.5, 0.6) is 11.5 Å². The van der Waals surface area contributed by atoms with Crippen molar-refractivity contribution in [3.63, 3.8) is 0 Å². The minimum Gasteiger partial charge on any atom is -0.493 e. The van der Waals surface area contributed by atoms with Crippen molar-refractivity contribution in [1.29, 1.82) is 0 Å². The Balaban J connectivity index is 2.70. The summed E-state index contributed by atoms with van der Waals surface area (Å²) in [5.41, 5.74) is 1.22. The molecular formula is C15H25NO2. The van der Waals surface area contributed by atoms with Crippen molar-refractivity contribution in [3.05, 3.63) is 23.8 Å². The number of hydrogen-bond donors (Lipinski definition) is 1. The molecule has 0 unspecified atom stereocenters. The summed E-state index contributed by atoms with van der Waals surface area (Å²) < 4.78 is 11.2. The van der Waals surface area contributed by atoms with Crippen LogP contribution in [0, 0.1) is 0 Å². The van der Waals surface area contributed by atoms with Crippen LogP contribution < -0.4 is 14.8 Å². The predicted molar refractivity (Wildman–Crippen MR) is 75.4 cm³/mol. The van der Waals surface area contributed by atoms with Gasteiger partial charge in [0.2, 0.25) is 0 Å². The van der Waals surface area contributed by atoms with Gasteiger partial charge in [0.15, 0.2) is 11.5 Å². The molecule has 1 aromatic carbocycles. The first kappa shape index (κ1) is 14.8. The number of methoxy groups -OCH3 is 1. The van der Waals surface area contributed by atoms with Crippen LogP contribution in [-0.4, -0.2) is 19.8 Å². The third kappa shape index (κ3) is 4.57. The first-order valence-corrected chi connectivity index (χ1v) is 6.75. The summed E-state index contributed by atoms with van der Waals surface area (Å²) in [6.45, 7) is 8.24. The lowest BCUT2D eigenvalue weighted by atomic mass is 10.2. The molecule has 0 spiro atoms. The second-order valence-corrected chi connectivity index (χ2v) is 4.50. The van der Waals surface area contributed by atoms with E-state index in [0.29, 0.717) is 0 Å². The van der Waals surface area contributed by atoms with Gasteiger partial charge in [-0.2, -0.15) is 0 Å². The molecule has 0 aliphatic heterocycles. The Morgan fingerprint density at radius 1 is 1.22 bits per heavy atom. The van der Waals surface area contributed by atoms with Gasteiger partial charge in [-0.25, -0.2) is 0 Å². The number of ether oxygens (including phenoxy) is 2. The number of benzene rings is 1. The number of hydrogen-bond acceptors (Lipinski definition) is 3. The Labute approximate surface area is 110 Å². The largest absolute Gasteiger partial charge is 0.493 e. The van der Waals surface area contributed by atoms with Crippen molar-refractivity contribution in [3.8, 4) is 11.5 Å². The zero-order valence-electron chi connectivity index (χ0n) is 12.0. The van der Waals surface area contributed by atoms with E-state index < -0.39 is 0 Å². The highest BCUT2D eigenvalue weighted by atomic mass is 16.5. The van der Waals surface area contributed by atoms with E-state index in [1.54, 1.807) is 7.11 Å². The Kier molecular flexibility index (Phi) is 6.58. The molecular weight excluding hydrogens is 226 g/mol. The van der Waals surface area contributed by atoms with Gasteiger partial charge >= 0.3 is 0 Å². The monoisotopic (exact) mass is 251 g/mol. The number of rotatable bonds is 8. The van der Waals surface area contributed by atoms with Crippen molar-refractivity contribution < 1.29 is 9.47 Å². The summed E-state index contributed by atoms with van der Waals surface area (Å²) >= 11 is 0. The molecule has 3 heteroatoms. The van der Waals surface area contributed by atoms with Crippen molar-refractivity contribution in [2.75, 3.05) is 13.7 Å². The zero-order chi connectivity index (χ0) is 13.4. The summed E-state index contributed by atoms with van der Waals surface area (Å²) in [4.78, 5) is 0. The van der Waals surface area contributed by atoms with Gasteiger partial charge in [0.1, 0.15) is 0 Å². The first-order chi connectivity index (χ1) is 8.71. The van der Waals surface area contributed by atoms with E-state index in [1.165, 1.54) is 5.56 Å². The Morgan fingerprint density at radius 2 is 2.00 bits per heavy atom. The molecule has 0 aliphatic rings. The third-order valence-electron chi connectivity index (χ3n) is 2.89. The fourth-order valence-corrected chi connectivity index (χ4v) is 1.63. The fourth-order valence-electron chi connectivity index (χ4n) is 1.63. The Morgan fingerprint density at radius 3 is 2.61 bits per heavy atom. The van der Waals surface area contributed by atoms with Crippen molar-refractivity contribution in [1.82, 2.24) is 5.32 Å². The van der Waals surface area contributed by atoms with Gasteiger partial charge in [-0.15, -0.1) is 0 Å². The van der Waals surface area contributed by atoms with Crippen molar-refractivity contribution in [2.45, 2.75) is 46.3 Å². The smallest absolute Gasteiger partial charge is 0.161 e. The fraction of sp³-hybridized carbons (Fsp3) is 0.600. The van der Waals surface area contributed by atoms with Crippen molar-refractivity contribution in [2.24, 2.45) is 0 Å². The lowest BCUT2D eigenvalue weighted by Gasteiger charge is -2.16. The van der Waals surface area contributed by atoms with E-state index in [-0.39, 0.29) is 6.10 Å². The second kappa shape index (κ2) is 7.98. The molecule has 1 aromatic rings. The third-order valence-corrected chi connectivity index (χ3v) is 2.89. The Bertz CT molecular complexity index is 352. The molecule has 0 aromatic heterocycles. The van der Waals surface area contributed by atoms with Crippen LogP contribution in [0.4, 0.5) is 0 Å². The molecule has 0 heterocycles. The van der Waals surface area contributed by atoms with Gasteiger partial charge in [-0.1, -0.05) is 19.9 Å². The molecule has 18 heavy (non-hydrogen) atoms. The molecule has 0 radical (unpaired) electrons. The van der Waals surface area contributed by atoms with E-state index in [4.69, 9.17) is 9.47 Å². The van der Waals surface area contributed by atoms with Crippen LogP contribution in [0.1, 0.15) is 39.2 Å². The van der Waals surface area contributed by atoms with E-state index in [1.807, 2.05) is 12.1 Å². The average molecular weight is 251 g/mol. The highest BCUT2D eigenvalue weighted by molar-refractivity contribution is 5.43. The summed E-state index contributed by atoms with van der Waals surface area (Å²) in [5, 5.41) is 3.38. The maximum atomic E-state index is 5.82. The van der Waals surface area contributed by atoms with Gasteiger partial charge in [0.05, 0.1) is 13.2 Å². The Hall–Kier alpha value is -1.22. The minimum absolute atomic E-state index is 0.211. The summed E-state index contributed by atoms with van der Waals surface area (Å²) in [6.07, 6.45) is 2.35. The van der Waals surface area contributed by atoms with E-state index >= 15 is 0 Å². The molecule has 0 fully saturated rings. The van der Waals surface area contributed by atoms with Crippen LogP contribution in [0.15, 0.2) is 18.2 Å². The predicted octanol–water partition coefficient (Wildman–Crippen LogP) is 3.37. The lowest BCUT2D eigenvalue weighted by Crippen LogP contribution is -2.14. The molecule has 1 atom stereocenters. The lowest BCUT2D eigenvalue weighted by molar-refractivity contribution is 0.207. The maximum absolute atomic E-state index is 5.82. The summed E-state index contributed by atoms with van der Waals surface area (Å²) in [5.74, 6) is 1.64. The van der Waals surface area contributed by atoms with E-state index in [2.05, 4.69) is 32.2 Å². The van der Waals surface area contributed by atoms with Crippen LogP contribution in [0.3, 0.4) is 0 Å². The van der Waals surface area contributed by atoms with Crippen LogP contribution in [0.2, 0.25) is 0 Å². The summed E-state index contributed by atoms with van der Waals surface area (Å²) in [6, 6.07) is 6.12. The standard InChI is InChI=1S/C15H25NO2/c1-5-9-16-11-13-7-8-14(15(10-13)17-4)18-12(3)6-2/h7-8,10,12,16H,5-6,9,11H2,1-4H3/t12-/m1/s1. The van der Waals surface area contributed by atoms with Crippen LogP contribution >= 0.6 is 0 Å². The second-order valence-electron chi connectivity index (χ2n) is 4.50. The molecule has 0 bridgehead atoms. The molecule has 1 N–H and O–H groups in total. The highest BCUT2D eigenvalue weighted by Crippen LogP contribution is 2.29. The van der Waals surface area contributed by atoms with E-state index in [0.717, 1.165) is 37.4 Å². The topological polar surface area (TPSA) is 30.5 Å². The molecule has 0 saturated carbocycles. The SMILES string of the molecule is CCCNCc1ccc(O[C@H](C)CC)c(OC)c1. The average Bonchev–Trinajstić information content (AvgIpc) is 2.40. The molecule has 1 rings (SSSR count). The molecule has 0 amide bonds. The van der Waals surface area contributed by atoms with Gasteiger partial charge in [0.25, 0.3) is 0 Å². The van der Waals surface area contributed by atoms with E-state index in [9.17, 15) is 0 Å². The zero-order valence-corrected chi connectivity index (χ0v) is 12.0. The quantitative estimate of drug-likeness (QED) is 0.719. The van der Waals surface area contributed by atoms with Gasteiger partial charge < -0.3 is 14.8 Å². The minimum atomic E-state index is 0.211.